The van der Waals surface area contributed by atoms with Gasteiger partial charge < -0.3 is 16.4 Å². The number of carbonyl (C=O) groups excluding carboxylic acids is 1. The molecule has 2 rings (SSSR count). The van der Waals surface area contributed by atoms with E-state index in [0.29, 0.717) is 11.3 Å². The van der Waals surface area contributed by atoms with Gasteiger partial charge in [0.2, 0.25) is 0 Å². The van der Waals surface area contributed by atoms with Crippen LogP contribution in [0.5, 0.6) is 0 Å². The summed E-state index contributed by atoms with van der Waals surface area (Å²) in [4.78, 5) is 12.0. The van der Waals surface area contributed by atoms with Gasteiger partial charge in [-0.1, -0.05) is 31.4 Å². The van der Waals surface area contributed by atoms with E-state index in [4.69, 9.17) is 11.1 Å². The van der Waals surface area contributed by atoms with Crippen LogP contribution < -0.4 is 16.4 Å². The predicted octanol–water partition coefficient (Wildman–Crippen LogP) is 2.73. The fourth-order valence-corrected chi connectivity index (χ4v) is 2.51. The lowest BCUT2D eigenvalue weighted by Crippen LogP contribution is -2.39. The normalized spacial score (nSPS) is 15.7. The molecular formula is C15H22N4O. The van der Waals surface area contributed by atoms with Gasteiger partial charge in [0.05, 0.1) is 0 Å². The van der Waals surface area contributed by atoms with Crippen molar-refractivity contribution < 1.29 is 4.79 Å². The highest BCUT2D eigenvalue weighted by Gasteiger charge is 2.16. The van der Waals surface area contributed by atoms with Gasteiger partial charge in [0.15, 0.2) is 0 Å². The average molecular weight is 274 g/mol. The van der Waals surface area contributed by atoms with E-state index in [1.54, 1.807) is 12.1 Å². The van der Waals surface area contributed by atoms with Crippen LogP contribution in [0.3, 0.4) is 0 Å². The van der Waals surface area contributed by atoms with Crippen molar-refractivity contribution in [2.24, 2.45) is 5.73 Å². The lowest BCUT2D eigenvalue weighted by atomic mass is 9.96. The Hall–Kier alpha value is -2.04. The number of nitrogen functional groups attached to an aromatic ring is 1. The minimum atomic E-state index is -0.180. The van der Waals surface area contributed by atoms with E-state index in [0.717, 1.165) is 18.4 Å². The van der Waals surface area contributed by atoms with E-state index in [-0.39, 0.29) is 17.9 Å². The smallest absolute Gasteiger partial charge is 0.319 e. The van der Waals surface area contributed by atoms with Crippen molar-refractivity contribution in [1.82, 2.24) is 5.32 Å². The molecule has 5 nitrogen and oxygen atoms in total. The molecule has 1 saturated carbocycles. The molecular weight excluding hydrogens is 252 g/mol. The molecule has 0 atom stereocenters. The summed E-state index contributed by atoms with van der Waals surface area (Å²) in [6, 6.07) is 5.47. The number of anilines is 1. The van der Waals surface area contributed by atoms with Crippen LogP contribution >= 0.6 is 0 Å². The predicted molar refractivity (Wildman–Crippen MR) is 81.2 cm³/mol. The van der Waals surface area contributed by atoms with Gasteiger partial charge in [-0.05, 0) is 31.4 Å². The Labute approximate surface area is 119 Å². The molecule has 1 aliphatic carbocycles. The molecule has 0 bridgehead atoms. The molecule has 1 aliphatic rings. The molecule has 5 heteroatoms. The Balaban J connectivity index is 1.99. The van der Waals surface area contributed by atoms with Crippen LogP contribution in [0.4, 0.5) is 10.5 Å². The van der Waals surface area contributed by atoms with Crippen molar-refractivity contribution in [1.29, 1.82) is 5.41 Å². The molecule has 1 aromatic carbocycles. The van der Waals surface area contributed by atoms with Gasteiger partial charge >= 0.3 is 6.03 Å². The van der Waals surface area contributed by atoms with Crippen LogP contribution in [-0.4, -0.2) is 17.9 Å². The molecule has 0 aliphatic heterocycles. The molecule has 1 fully saturated rings. The number of carbonyl (C=O) groups is 1. The van der Waals surface area contributed by atoms with Crippen LogP contribution in [0.25, 0.3) is 0 Å². The molecule has 108 valence electrons. The fraction of sp³-hybridized carbons (Fsp3) is 0.467. The topological polar surface area (TPSA) is 91.0 Å². The number of benzene rings is 1. The standard InChI is InChI=1S/C15H22N4O/c1-10-7-8-11(14(16)17)9-13(10)19-15(20)18-12-5-3-2-4-6-12/h7-9,12H,2-6H2,1H3,(H3,16,17)(H2,18,19,20). The molecule has 0 heterocycles. The molecule has 0 spiro atoms. The van der Waals surface area contributed by atoms with Crippen molar-refractivity contribution in [3.05, 3.63) is 29.3 Å². The zero-order chi connectivity index (χ0) is 14.5. The zero-order valence-corrected chi connectivity index (χ0v) is 11.8. The maximum atomic E-state index is 12.0. The highest BCUT2D eigenvalue weighted by molar-refractivity contribution is 5.97. The van der Waals surface area contributed by atoms with Gasteiger partial charge in [0.25, 0.3) is 0 Å². The number of nitrogens with two attached hydrogens (primary N) is 1. The van der Waals surface area contributed by atoms with E-state index >= 15 is 0 Å². The van der Waals surface area contributed by atoms with Gasteiger partial charge in [-0.15, -0.1) is 0 Å². The maximum Gasteiger partial charge on any atom is 0.319 e. The second-order valence-corrected chi connectivity index (χ2v) is 5.38. The third-order valence-electron chi connectivity index (χ3n) is 3.74. The molecule has 5 N–H and O–H groups in total. The van der Waals surface area contributed by atoms with E-state index in [2.05, 4.69) is 10.6 Å². The monoisotopic (exact) mass is 274 g/mol. The third-order valence-corrected chi connectivity index (χ3v) is 3.74. The molecule has 0 saturated heterocycles. The van der Waals surface area contributed by atoms with Crippen molar-refractivity contribution in [2.75, 3.05) is 5.32 Å². The van der Waals surface area contributed by atoms with Crippen LogP contribution in [0.15, 0.2) is 18.2 Å². The number of amides is 2. The quantitative estimate of drug-likeness (QED) is 0.504. The Kier molecular flexibility index (Phi) is 4.61. The molecule has 0 aromatic heterocycles. The van der Waals surface area contributed by atoms with Crippen molar-refractivity contribution in [3.63, 3.8) is 0 Å². The number of amidine groups is 1. The fourth-order valence-electron chi connectivity index (χ4n) is 2.51. The average Bonchev–Trinajstić information content (AvgIpc) is 2.42. The molecule has 0 radical (unpaired) electrons. The number of aryl methyl sites for hydroxylation is 1. The van der Waals surface area contributed by atoms with Gasteiger partial charge in [0, 0.05) is 17.3 Å². The van der Waals surface area contributed by atoms with Crippen molar-refractivity contribution >= 4 is 17.6 Å². The largest absolute Gasteiger partial charge is 0.384 e. The van der Waals surface area contributed by atoms with E-state index < -0.39 is 0 Å². The van der Waals surface area contributed by atoms with Crippen LogP contribution in [0.2, 0.25) is 0 Å². The maximum absolute atomic E-state index is 12.0. The van der Waals surface area contributed by atoms with Gasteiger partial charge in [0.1, 0.15) is 5.84 Å². The number of urea groups is 1. The van der Waals surface area contributed by atoms with Gasteiger partial charge in [-0.3, -0.25) is 5.41 Å². The highest BCUT2D eigenvalue weighted by atomic mass is 16.2. The van der Waals surface area contributed by atoms with E-state index in [1.807, 2.05) is 13.0 Å². The summed E-state index contributed by atoms with van der Waals surface area (Å²) in [7, 11) is 0. The molecule has 0 unspecified atom stereocenters. The van der Waals surface area contributed by atoms with Crippen LogP contribution in [0.1, 0.15) is 43.2 Å². The number of hydrogen-bond donors (Lipinski definition) is 4. The van der Waals surface area contributed by atoms with Crippen molar-refractivity contribution in [2.45, 2.75) is 45.1 Å². The first-order valence-electron chi connectivity index (χ1n) is 7.09. The first kappa shape index (κ1) is 14.4. The molecule has 20 heavy (non-hydrogen) atoms. The summed E-state index contributed by atoms with van der Waals surface area (Å²) >= 11 is 0. The lowest BCUT2D eigenvalue weighted by Gasteiger charge is -2.23. The lowest BCUT2D eigenvalue weighted by molar-refractivity contribution is 0.244. The summed E-state index contributed by atoms with van der Waals surface area (Å²) < 4.78 is 0. The second-order valence-electron chi connectivity index (χ2n) is 5.38. The molecule has 2 amide bonds. The summed E-state index contributed by atoms with van der Waals surface area (Å²) in [6.45, 7) is 1.92. The Morgan fingerprint density at radius 1 is 1.30 bits per heavy atom. The Morgan fingerprint density at radius 2 is 2.00 bits per heavy atom. The van der Waals surface area contributed by atoms with Crippen LogP contribution in [0, 0.1) is 12.3 Å². The number of nitrogens with one attached hydrogen (secondary N) is 3. The number of hydrogen-bond acceptors (Lipinski definition) is 2. The minimum Gasteiger partial charge on any atom is -0.384 e. The summed E-state index contributed by atoms with van der Waals surface area (Å²) in [6.07, 6.45) is 5.74. The third kappa shape index (κ3) is 3.73. The number of rotatable bonds is 3. The van der Waals surface area contributed by atoms with Gasteiger partial charge in [-0.2, -0.15) is 0 Å². The first-order chi connectivity index (χ1) is 9.56. The van der Waals surface area contributed by atoms with Gasteiger partial charge in [-0.25, -0.2) is 4.79 Å². The van der Waals surface area contributed by atoms with Crippen LogP contribution in [-0.2, 0) is 0 Å². The van der Waals surface area contributed by atoms with E-state index in [9.17, 15) is 4.79 Å². The van der Waals surface area contributed by atoms with Crippen molar-refractivity contribution in [3.8, 4) is 0 Å². The Morgan fingerprint density at radius 3 is 2.65 bits per heavy atom. The summed E-state index contributed by atoms with van der Waals surface area (Å²) in [5.41, 5.74) is 7.73. The molecule has 1 aromatic rings. The van der Waals surface area contributed by atoms with E-state index in [1.165, 1.54) is 19.3 Å². The minimum absolute atomic E-state index is 0.000684. The zero-order valence-electron chi connectivity index (χ0n) is 11.8. The SMILES string of the molecule is Cc1ccc(C(=N)N)cc1NC(=O)NC1CCCCC1. The Bertz CT molecular complexity index is 507. The second kappa shape index (κ2) is 6.41. The first-order valence-corrected chi connectivity index (χ1v) is 7.09. The summed E-state index contributed by atoms with van der Waals surface area (Å²) in [5, 5.41) is 13.3. The summed E-state index contributed by atoms with van der Waals surface area (Å²) in [5.74, 6) is 0.000684. The highest BCUT2D eigenvalue weighted by Crippen LogP contribution is 2.19.